The van der Waals surface area contributed by atoms with E-state index >= 15 is 0 Å². The molecule has 2 rings (SSSR count). The van der Waals surface area contributed by atoms with Gasteiger partial charge in [-0.1, -0.05) is 28.4 Å². The fourth-order valence-corrected chi connectivity index (χ4v) is 4.40. The molecule has 0 atom stereocenters. The number of carbonyl (C=O) groups excluding carboxylic acids is 1. The lowest BCUT2D eigenvalue weighted by Crippen LogP contribution is -2.24. The van der Waals surface area contributed by atoms with Crippen molar-refractivity contribution in [1.82, 2.24) is 5.32 Å². The third-order valence-electron chi connectivity index (χ3n) is 3.22. The number of thioether (sulfide) groups is 1. The number of nitrogens with one attached hydrogen (secondary N) is 1. The topological polar surface area (TPSA) is 55.1 Å². The number of hydrogen-bond acceptors (Lipinski definition) is 4. The third kappa shape index (κ3) is 4.14. The summed E-state index contributed by atoms with van der Waals surface area (Å²) in [6.45, 7) is 0.710. The van der Waals surface area contributed by atoms with Gasteiger partial charge in [-0.2, -0.15) is 11.8 Å². The minimum Gasteiger partial charge on any atom is -0.397 e. The first kappa shape index (κ1) is 16.6. The van der Waals surface area contributed by atoms with Gasteiger partial charge in [-0.25, -0.2) is 0 Å². The zero-order valence-corrected chi connectivity index (χ0v) is 15.2. The molecule has 0 aliphatic heterocycles. The zero-order chi connectivity index (χ0) is 15.2. The molecule has 0 aliphatic rings. The van der Waals surface area contributed by atoms with Crippen molar-refractivity contribution in [2.24, 2.45) is 0 Å². The van der Waals surface area contributed by atoms with Crippen molar-refractivity contribution in [2.45, 2.75) is 19.3 Å². The van der Waals surface area contributed by atoms with Gasteiger partial charge in [-0.05, 0) is 37.0 Å². The fraction of sp³-hybridized carbons (Fsp3) is 0.400. The van der Waals surface area contributed by atoms with Crippen LogP contribution in [0.3, 0.4) is 0 Å². The SMILES string of the molecule is CSCCCCCNC(=O)c1sc2cccc(Br)c2c1N. The first-order chi connectivity index (χ1) is 10.1. The standard InChI is InChI=1S/C15H19BrN2OS2/c1-20-9-4-2-3-8-18-15(19)14-13(17)12-10(16)6-5-7-11(12)21-14/h5-7H,2-4,8-9,17H2,1H3,(H,18,19). The van der Waals surface area contributed by atoms with Gasteiger partial charge in [0.2, 0.25) is 0 Å². The number of hydrogen-bond donors (Lipinski definition) is 2. The van der Waals surface area contributed by atoms with Gasteiger partial charge in [-0.15, -0.1) is 11.3 Å². The van der Waals surface area contributed by atoms with E-state index < -0.39 is 0 Å². The normalized spacial score (nSPS) is 11.0. The molecule has 0 fully saturated rings. The fourth-order valence-electron chi connectivity index (χ4n) is 2.13. The number of unbranched alkanes of at least 4 members (excludes halogenated alkanes) is 2. The molecular weight excluding hydrogens is 368 g/mol. The Kier molecular flexibility index (Phi) is 6.39. The maximum Gasteiger partial charge on any atom is 0.263 e. The molecule has 1 heterocycles. The molecule has 0 unspecified atom stereocenters. The molecule has 1 aromatic carbocycles. The second kappa shape index (κ2) is 8.06. The summed E-state index contributed by atoms with van der Waals surface area (Å²) in [6, 6.07) is 5.88. The minimum absolute atomic E-state index is 0.0644. The summed E-state index contributed by atoms with van der Waals surface area (Å²) in [4.78, 5) is 12.8. The number of benzene rings is 1. The molecule has 3 nitrogen and oxygen atoms in total. The van der Waals surface area contributed by atoms with Crippen molar-refractivity contribution in [3.63, 3.8) is 0 Å². The Morgan fingerprint density at radius 2 is 2.19 bits per heavy atom. The van der Waals surface area contributed by atoms with Crippen LogP contribution >= 0.6 is 39.0 Å². The quantitative estimate of drug-likeness (QED) is 0.688. The van der Waals surface area contributed by atoms with Gasteiger partial charge in [0.15, 0.2) is 0 Å². The van der Waals surface area contributed by atoms with Crippen LogP contribution in [0.4, 0.5) is 5.69 Å². The van der Waals surface area contributed by atoms with Crippen LogP contribution in [0.15, 0.2) is 22.7 Å². The van der Waals surface area contributed by atoms with Gasteiger partial charge in [0.1, 0.15) is 4.88 Å². The number of thiophene rings is 1. The molecule has 0 saturated carbocycles. The molecule has 2 aromatic rings. The Morgan fingerprint density at radius 1 is 1.38 bits per heavy atom. The van der Waals surface area contributed by atoms with Gasteiger partial charge >= 0.3 is 0 Å². The molecule has 21 heavy (non-hydrogen) atoms. The van der Waals surface area contributed by atoms with Crippen LogP contribution < -0.4 is 11.1 Å². The summed E-state index contributed by atoms with van der Waals surface area (Å²) in [5.74, 6) is 1.12. The predicted molar refractivity (Wildman–Crippen MR) is 98.5 cm³/mol. The van der Waals surface area contributed by atoms with Gasteiger partial charge in [-0.3, -0.25) is 4.79 Å². The predicted octanol–water partition coefficient (Wildman–Crippen LogP) is 4.51. The maximum atomic E-state index is 12.2. The lowest BCUT2D eigenvalue weighted by atomic mass is 10.2. The highest BCUT2D eigenvalue weighted by atomic mass is 79.9. The lowest BCUT2D eigenvalue weighted by molar-refractivity contribution is 0.0958. The van der Waals surface area contributed by atoms with Crippen LogP contribution in [0.5, 0.6) is 0 Å². The van der Waals surface area contributed by atoms with Crippen LogP contribution in [0, 0.1) is 0 Å². The Bertz CT molecular complexity index is 627. The summed E-state index contributed by atoms with van der Waals surface area (Å²) in [5.41, 5.74) is 6.70. The van der Waals surface area contributed by atoms with Gasteiger partial charge in [0.25, 0.3) is 5.91 Å². The molecular formula is C15H19BrN2OS2. The minimum atomic E-state index is -0.0644. The van der Waals surface area contributed by atoms with E-state index in [1.165, 1.54) is 23.5 Å². The number of carbonyl (C=O) groups is 1. The van der Waals surface area contributed by atoms with Crippen molar-refractivity contribution < 1.29 is 4.79 Å². The van der Waals surface area contributed by atoms with Crippen molar-refractivity contribution in [1.29, 1.82) is 0 Å². The highest BCUT2D eigenvalue weighted by molar-refractivity contribution is 9.10. The highest BCUT2D eigenvalue weighted by Gasteiger charge is 2.17. The largest absolute Gasteiger partial charge is 0.397 e. The lowest BCUT2D eigenvalue weighted by Gasteiger charge is -2.04. The van der Waals surface area contributed by atoms with E-state index in [1.807, 2.05) is 30.0 Å². The second-order valence-corrected chi connectivity index (χ2v) is 7.66. The Labute approximate surface area is 141 Å². The number of rotatable bonds is 7. The molecule has 1 aromatic heterocycles. The van der Waals surface area contributed by atoms with Gasteiger partial charge in [0.05, 0.1) is 5.69 Å². The van der Waals surface area contributed by atoms with Crippen LogP contribution in [-0.2, 0) is 0 Å². The van der Waals surface area contributed by atoms with E-state index in [1.54, 1.807) is 0 Å². The molecule has 0 bridgehead atoms. The molecule has 114 valence electrons. The Morgan fingerprint density at radius 3 is 2.90 bits per heavy atom. The summed E-state index contributed by atoms with van der Waals surface area (Å²) < 4.78 is 1.97. The third-order valence-corrected chi connectivity index (χ3v) is 5.75. The van der Waals surface area contributed by atoms with Crippen molar-refractivity contribution in [2.75, 3.05) is 24.3 Å². The van der Waals surface area contributed by atoms with E-state index in [9.17, 15) is 4.79 Å². The molecule has 3 N–H and O–H groups in total. The summed E-state index contributed by atoms with van der Waals surface area (Å²) in [6.07, 6.45) is 5.48. The number of amides is 1. The van der Waals surface area contributed by atoms with Crippen LogP contribution in [0.2, 0.25) is 0 Å². The number of fused-ring (bicyclic) bond motifs is 1. The van der Waals surface area contributed by atoms with E-state index in [-0.39, 0.29) is 5.91 Å². The van der Waals surface area contributed by atoms with Crippen molar-refractivity contribution >= 4 is 60.7 Å². The van der Waals surface area contributed by atoms with Crippen LogP contribution in [0.25, 0.3) is 10.1 Å². The molecule has 0 saturated heterocycles. The van der Waals surface area contributed by atoms with E-state index in [0.29, 0.717) is 17.1 Å². The number of anilines is 1. The van der Waals surface area contributed by atoms with Gasteiger partial charge < -0.3 is 11.1 Å². The summed E-state index contributed by atoms with van der Waals surface area (Å²) in [5, 5.41) is 3.90. The van der Waals surface area contributed by atoms with Crippen molar-refractivity contribution in [3.05, 3.63) is 27.5 Å². The Balaban J connectivity index is 1.97. The van der Waals surface area contributed by atoms with Crippen molar-refractivity contribution in [3.8, 4) is 0 Å². The van der Waals surface area contributed by atoms with Crippen LogP contribution in [0.1, 0.15) is 28.9 Å². The molecule has 1 amide bonds. The number of nitrogen functional groups attached to an aromatic ring is 1. The second-order valence-electron chi connectivity index (χ2n) is 4.77. The number of nitrogens with two attached hydrogens (primary N) is 1. The summed E-state index contributed by atoms with van der Waals surface area (Å²) in [7, 11) is 0. The number of halogens is 1. The van der Waals surface area contributed by atoms with E-state index in [4.69, 9.17) is 5.73 Å². The van der Waals surface area contributed by atoms with Crippen LogP contribution in [-0.4, -0.2) is 24.5 Å². The van der Waals surface area contributed by atoms with E-state index in [2.05, 4.69) is 27.5 Å². The first-order valence-corrected chi connectivity index (χ1v) is 9.89. The smallest absolute Gasteiger partial charge is 0.263 e. The average Bonchev–Trinajstić information content (AvgIpc) is 2.81. The maximum absolute atomic E-state index is 12.2. The van der Waals surface area contributed by atoms with Gasteiger partial charge in [0, 0.05) is 21.1 Å². The summed E-state index contributed by atoms with van der Waals surface area (Å²) >= 11 is 6.80. The average molecular weight is 387 g/mol. The Hall–Kier alpha value is -0.720. The molecule has 0 spiro atoms. The molecule has 0 radical (unpaired) electrons. The molecule has 6 heteroatoms. The highest BCUT2D eigenvalue weighted by Crippen LogP contribution is 2.37. The van der Waals surface area contributed by atoms with E-state index in [0.717, 1.165) is 27.4 Å². The molecule has 0 aliphatic carbocycles. The zero-order valence-electron chi connectivity index (χ0n) is 11.9. The monoisotopic (exact) mass is 386 g/mol. The first-order valence-electron chi connectivity index (χ1n) is 6.88.